The van der Waals surface area contributed by atoms with E-state index in [-0.39, 0.29) is 17.3 Å². The van der Waals surface area contributed by atoms with Gasteiger partial charge in [0.1, 0.15) is 10.4 Å². The number of amides is 1. The normalized spacial score (nSPS) is 15.2. The van der Waals surface area contributed by atoms with E-state index in [4.69, 9.17) is 5.10 Å². The fourth-order valence-electron chi connectivity index (χ4n) is 4.18. The molecule has 0 N–H and O–H groups in total. The topological polar surface area (TPSA) is 107 Å². The zero-order chi connectivity index (χ0) is 26.2. The Bertz CT molecular complexity index is 1670. The molecule has 0 bridgehead atoms. The van der Waals surface area contributed by atoms with Gasteiger partial charge < -0.3 is 0 Å². The van der Waals surface area contributed by atoms with Gasteiger partial charge in [0.25, 0.3) is 5.69 Å². The lowest BCUT2D eigenvalue weighted by Gasteiger charge is -2.20. The van der Waals surface area contributed by atoms with Crippen molar-refractivity contribution in [2.24, 2.45) is 0 Å². The van der Waals surface area contributed by atoms with Crippen molar-refractivity contribution in [3.05, 3.63) is 105 Å². The molecule has 5 aromatic rings. The summed E-state index contributed by atoms with van der Waals surface area (Å²) >= 11 is 6.28. The van der Waals surface area contributed by atoms with Crippen LogP contribution in [-0.4, -0.2) is 36.6 Å². The molecule has 6 rings (SSSR count). The van der Waals surface area contributed by atoms with Gasteiger partial charge in [-0.1, -0.05) is 69.7 Å². The number of carbonyl (C=O) groups is 1. The van der Waals surface area contributed by atoms with Crippen LogP contribution in [0.25, 0.3) is 27.5 Å². The predicted octanol–water partition coefficient (Wildman–Crippen LogP) is 6.51. The fraction of sp³-hybridized carbons (Fsp3) is 0.0769. The first-order valence-electron chi connectivity index (χ1n) is 11.4. The summed E-state index contributed by atoms with van der Waals surface area (Å²) < 4.78 is 2.66. The molecule has 9 nitrogen and oxygen atoms in total. The van der Waals surface area contributed by atoms with E-state index in [1.807, 2.05) is 60.8 Å². The number of nitro groups is 1. The van der Waals surface area contributed by atoms with Crippen LogP contribution in [0.15, 0.2) is 89.5 Å². The maximum absolute atomic E-state index is 13.1. The Hall–Kier alpha value is -3.87. The van der Waals surface area contributed by atoms with E-state index in [9.17, 15) is 14.9 Å². The molecule has 0 spiro atoms. The Morgan fingerprint density at radius 2 is 1.76 bits per heavy atom. The zero-order valence-electron chi connectivity index (χ0n) is 19.5. The number of benzene rings is 3. The van der Waals surface area contributed by atoms with Crippen molar-refractivity contribution >= 4 is 55.8 Å². The molecule has 0 saturated carbocycles. The maximum atomic E-state index is 13.1. The molecule has 38 heavy (non-hydrogen) atoms. The van der Waals surface area contributed by atoms with Gasteiger partial charge in [-0.25, -0.2) is 4.68 Å². The molecular weight excluding hydrogens is 588 g/mol. The molecule has 1 unspecified atom stereocenters. The highest BCUT2D eigenvalue weighted by Gasteiger charge is 2.39. The summed E-state index contributed by atoms with van der Waals surface area (Å²) in [6.45, 7) is 0. The van der Waals surface area contributed by atoms with Gasteiger partial charge in [-0.05, 0) is 24.3 Å². The van der Waals surface area contributed by atoms with E-state index in [2.05, 4.69) is 26.1 Å². The summed E-state index contributed by atoms with van der Waals surface area (Å²) in [5.41, 5.74) is 3.61. The number of thioether (sulfide) groups is 1. The number of nitrogens with zero attached hydrogens (tertiary/aromatic N) is 6. The first kappa shape index (κ1) is 24.5. The summed E-state index contributed by atoms with van der Waals surface area (Å²) in [4.78, 5) is 25.8. The molecular formula is C26H17BrN6O3S2. The van der Waals surface area contributed by atoms with Crippen LogP contribution in [0.3, 0.4) is 0 Å². The Morgan fingerprint density at radius 3 is 2.55 bits per heavy atom. The van der Waals surface area contributed by atoms with Crippen LogP contribution in [0.5, 0.6) is 0 Å². The molecule has 12 heteroatoms. The number of carbonyl (C=O) groups excluding carboxylic acids is 1. The van der Waals surface area contributed by atoms with Gasteiger partial charge >= 0.3 is 0 Å². The van der Waals surface area contributed by atoms with Gasteiger partial charge in [-0.15, -0.1) is 22.0 Å². The third-order valence-electron chi connectivity index (χ3n) is 5.92. The van der Waals surface area contributed by atoms with Crippen molar-refractivity contribution in [1.29, 1.82) is 0 Å². The maximum Gasteiger partial charge on any atom is 0.270 e. The van der Waals surface area contributed by atoms with Gasteiger partial charge in [-0.3, -0.25) is 19.8 Å². The minimum Gasteiger partial charge on any atom is -0.273 e. The molecule has 0 aliphatic carbocycles. The number of halogens is 1. The Kier molecular flexibility index (Phi) is 6.52. The third-order valence-corrected chi connectivity index (χ3v) is 8.58. The molecule has 1 saturated heterocycles. The Labute approximate surface area is 233 Å². The van der Waals surface area contributed by atoms with Gasteiger partial charge in [0.2, 0.25) is 11.0 Å². The summed E-state index contributed by atoms with van der Waals surface area (Å²) in [5, 5.41) is 25.8. The molecule has 0 radical (unpaired) electrons. The monoisotopic (exact) mass is 604 g/mol. The minimum absolute atomic E-state index is 0.0301. The van der Waals surface area contributed by atoms with Crippen LogP contribution in [0.1, 0.15) is 10.9 Å². The lowest BCUT2D eigenvalue weighted by molar-refractivity contribution is -0.384. The lowest BCUT2D eigenvalue weighted by atomic mass is 10.1. The van der Waals surface area contributed by atoms with E-state index in [1.54, 1.807) is 21.7 Å². The second-order valence-corrected chi connectivity index (χ2v) is 11.3. The quantitative estimate of drug-likeness (QED) is 0.161. The minimum atomic E-state index is -0.433. The highest BCUT2D eigenvalue weighted by Crippen LogP contribution is 2.46. The fourth-order valence-corrected chi connectivity index (χ4v) is 6.69. The van der Waals surface area contributed by atoms with Gasteiger partial charge in [-0.2, -0.15) is 5.10 Å². The van der Waals surface area contributed by atoms with Crippen molar-refractivity contribution in [1.82, 2.24) is 20.0 Å². The molecule has 1 fully saturated rings. The SMILES string of the molecule is O=C1CSC(c2cn(-c3ccccc3)nc2-c2cccc([N+](=O)[O-])c2)N1c1nnc(-c2cccc(Br)c2)s1. The molecule has 188 valence electrons. The molecule has 1 amide bonds. The van der Waals surface area contributed by atoms with Crippen LogP contribution in [0.2, 0.25) is 0 Å². The van der Waals surface area contributed by atoms with Crippen LogP contribution in [0, 0.1) is 10.1 Å². The van der Waals surface area contributed by atoms with Crippen LogP contribution < -0.4 is 4.90 Å². The van der Waals surface area contributed by atoms with E-state index in [1.165, 1.54) is 35.2 Å². The summed E-state index contributed by atoms with van der Waals surface area (Å²) in [7, 11) is 0. The van der Waals surface area contributed by atoms with E-state index >= 15 is 0 Å². The van der Waals surface area contributed by atoms with Crippen LogP contribution in [-0.2, 0) is 4.79 Å². The molecule has 3 heterocycles. The molecule has 1 aliphatic rings. The number of hydrogen-bond acceptors (Lipinski definition) is 8. The van der Waals surface area contributed by atoms with Gasteiger partial charge in [0.15, 0.2) is 0 Å². The second-order valence-electron chi connectivity index (χ2n) is 8.35. The summed E-state index contributed by atoms with van der Waals surface area (Å²) in [5.74, 6) is 0.177. The zero-order valence-corrected chi connectivity index (χ0v) is 22.7. The highest BCUT2D eigenvalue weighted by atomic mass is 79.9. The molecule has 1 aliphatic heterocycles. The van der Waals surface area contributed by atoms with Crippen molar-refractivity contribution < 1.29 is 9.72 Å². The number of aromatic nitrogens is 4. The van der Waals surface area contributed by atoms with E-state index in [0.717, 1.165) is 21.3 Å². The molecule has 3 aromatic carbocycles. The predicted molar refractivity (Wildman–Crippen MR) is 151 cm³/mol. The standard InChI is InChI=1S/C26H17BrN6O3S2/c27-18-8-4-7-17(12-18)24-28-29-26(38-24)32-22(34)15-37-25(32)21-14-31(19-9-2-1-3-10-19)30-23(21)16-6-5-11-20(13-16)33(35)36/h1-14,25H,15H2. The van der Waals surface area contributed by atoms with Crippen LogP contribution in [0.4, 0.5) is 10.8 Å². The number of nitro benzene ring substituents is 1. The Balaban J connectivity index is 1.45. The summed E-state index contributed by atoms with van der Waals surface area (Å²) in [6.07, 6.45) is 1.88. The van der Waals surface area contributed by atoms with Crippen LogP contribution >= 0.6 is 39.0 Å². The van der Waals surface area contributed by atoms with Gasteiger partial charge in [0.05, 0.1) is 22.1 Å². The Morgan fingerprint density at radius 1 is 0.974 bits per heavy atom. The van der Waals surface area contributed by atoms with Crippen molar-refractivity contribution in [3.8, 4) is 27.5 Å². The van der Waals surface area contributed by atoms with Crippen molar-refractivity contribution in [2.75, 3.05) is 10.7 Å². The van der Waals surface area contributed by atoms with E-state index < -0.39 is 10.3 Å². The van der Waals surface area contributed by atoms with Crippen molar-refractivity contribution in [3.63, 3.8) is 0 Å². The van der Waals surface area contributed by atoms with Gasteiger partial charge in [0, 0.05) is 39.5 Å². The number of hydrogen-bond donors (Lipinski definition) is 0. The summed E-state index contributed by atoms with van der Waals surface area (Å²) in [6, 6.07) is 23.7. The largest absolute Gasteiger partial charge is 0.273 e. The molecule has 2 aromatic heterocycles. The number of non-ortho nitro benzene ring substituents is 1. The first-order chi connectivity index (χ1) is 18.5. The van der Waals surface area contributed by atoms with E-state index in [0.29, 0.717) is 21.4 Å². The average molecular weight is 605 g/mol. The highest BCUT2D eigenvalue weighted by molar-refractivity contribution is 9.10. The number of anilines is 1. The lowest BCUT2D eigenvalue weighted by Crippen LogP contribution is -2.27. The third kappa shape index (κ3) is 4.62. The van der Waals surface area contributed by atoms with Crippen molar-refractivity contribution in [2.45, 2.75) is 5.37 Å². The smallest absolute Gasteiger partial charge is 0.270 e. The second kappa shape index (κ2) is 10.1. The molecule has 1 atom stereocenters. The first-order valence-corrected chi connectivity index (χ1v) is 14.1. The number of rotatable bonds is 6. The number of para-hydroxylation sites is 1. The average Bonchev–Trinajstić information content (AvgIpc) is 3.67.